The summed E-state index contributed by atoms with van der Waals surface area (Å²) in [6.07, 6.45) is 4.81. The normalized spacial score (nSPS) is 16.8. The van der Waals surface area contributed by atoms with Crippen molar-refractivity contribution in [1.82, 2.24) is 15.5 Å². The summed E-state index contributed by atoms with van der Waals surface area (Å²) >= 11 is 6.04. The summed E-state index contributed by atoms with van der Waals surface area (Å²) in [6, 6.07) is 15.0. The van der Waals surface area contributed by atoms with E-state index in [9.17, 15) is 9.59 Å². The molecule has 2 N–H and O–H groups in total. The largest absolute Gasteiger partial charge is 0.491 e. The molecule has 1 aliphatic heterocycles. The van der Waals surface area contributed by atoms with Crippen LogP contribution in [0, 0.1) is 0 Å². The predicted molar refractivity (Wildman–Crippen MR) is 119 cm³/mol. The molecule has 0 saturated carbocycles. The Balaban J connectivity index is 1.63. The molecule has 0 aliphatic carbocycles. The topological polar surface area (TPSA) is 70.7 Å². The van der Waals surface area contributed by atoms with Gasteiger partial charge in [0, 0.05) is 24.7 Å². The fourth-order valence-electron chi connectivity index (χ4n) is 3.15. The number of ether oxygens (including phenoxy) is 1. The predicted octanol–water partition coefficient (Wildman–Crippen LogP) is 2.98. The average molecular weight is 428 g/mol. The number of rotatable bonds is 3. The quantitative estimate of drug-likeness (QED) is 0.790. The first-order chi connectivity index (χ1) is 14.6. The van der Waals surface area contributed by atoms with Crippen molar-refractivity contribution in [2.45, 2.75) is 6.42 Å². The van der Waals surface area contributed by atoms with Gasteiger partial charge in [-0.05, 0) is 30.2 Å². The lowest BCUT2D eigenvalue weighted by atomic mass is 10.2. The smallest absolute Gasteiger partial charge is 0.255 e. The van der Waals surface area contributed by atoms with E-state index >= 15 is 0 Å². The summed E-state index contributed by atoms with van der Waals surface area (Å²) < 4.78 is 5.69. The number of carbonyl (C=O) groups excluding carboxylic acids is 2. The number of hydrogen-bond acceptors (Lipinski definition) is 4. The number of fused-ring (bicyclic) bond motifs is 1. The van der Waals surface area contributed by atoms with Gasteiger partial charge in [-0.15, -0.1) is 0 Å². The van der Waals surface area contributed by atoms with Crippen molar-refractivity contribution >= 4 is 29.5 Å². The zero-order valence-corrected chi connectivity index (χ0v) is 17.5. The maximum absolute atomic E-state index is 12.5. The second kappa shape index (κ2) is 11.4. The minimum Gasteiger partial charge on any atom is -0.491 e. The maximum Gasteiger partial charge on any atom is 0.255 e. The molecule has 2 aromatic rings. The van der Waals surface area contributed by atoms with Crippen LogP contribution in [0.25, 0.3) is 6.08 Å². The van der Waals surface area contributed by atoms with E-state index in [0.717, 1.165) is 12.0 Å². The molecule has 0 fully saturated rings. The number of amides is 2. The van der Waals surface area contributed by atoms with Crippen LogP contribution in [0.1, 0.15) is 22.3 Å². The van der Waals surface area contributed by atoms with Crippen molar-refractivity contribution < 1.29 is 14.3 Å². The molecule has 2 amide bonds. The Morgan fingerprint density at radius 1 is 1.07 bits per heavy atom. The highest BCUT2D eigenvalue weighted by molar-refractivity contribution is 6.31. The summed E-state index contributed by atoms with van der Waals surface area (Å²) in [6.45, 7) is 2.74. The molecule has 30 heavy (non-hydrogen) atoms. The molecule has 0 atom stereocenters. The Morgan fingerprint density at radius 3 is 2.73 bits per heavy atom. The van der Waals surface area contributed by atoms with Gasteiger partial charge >= 0.3 is 0 Å². The molecule has 7 heteroatoms. The zero-order chi connectivity index (χ0) is 21.2. The van der Waals surface area contributed by atoms with E-state index in [1.165, 1.54) is 0 Å². The Labute approximate surface area is 181 Å². The van der Waals surface area contributed by atoms with Gasteiger partial charge in [-0.3, -0.25) is 14.5 Å². The number of halogens is 1. The Hall–Kier alpha value is -2.83. The fourth-order valence-corrected chi connectivity index (χ4v) is 3.32. The van der Waals surface area contributed by atoms with Crippen LogP contribution in [0.2, 0.25) is 5.02 Å². The molecule has 158 valence electrons. The minimum atomic E-state index is -0.218. The van der Waals surface area contributed by atoms with Gasteiger partial charge in [0.2, 0.25) is 5.91 Å². The van der Waals surface area contributed by atoms with E-state index in [-0.39, 0.29) is 18.4 Å². The van der Waals surface area contributed by atoms with Crippen molar-refractivity contribution in [3.05, 3.63) is 70.8 Å². The highest BCUT2D eigenvalue weighted by Gasteiger charge is 2.15. The summed E-state index contributed by atoms with van der Waals surface area (Å²) in [7, 11) is 0. The molecule has 0 saturated heterocycles. The molecule has 2 aromatic carbocycles. The van der Waals surface area contributed by atoms with Crippen LogP contribution in [0.3, 0.4) is 0 Å². The van der Waals surface area contributed by atoms with Crippen LogP contribution in [0.5, 0.6) is 5.75 Å². The van der Waals surface area contributed by atoms with Crippen LogP contribution in [0.15, 0.2) is 54.6 Å². The van der Waals surface area contributed by atoms with Crippen LogP contribution >= 0.6 is 11.6 Å². The summed E-state index contributed by atoms with van der Waals surface area (Å²) in [5.74, 6) is 0.184. The van der Waals surface area contributed by atoms with E-state index in [1.807, 2.05) is 42.5 Å². The van der Waals surface area contributed by atoms with Gasteiger partial charge in [0.15, 0.2) is 0 Å². The van der Waals surface area contributed by atoms with E-state index < -0.39 is 0 Å². The zero-order valence-electron chi connectivity index (χ0n) is 16.8. The van der Waals surface area contributed by atoms with Gasteiger partial charge in [-0.1, -0.05) is 54.1 Å². The number of nitrogens with zero attached hydrogens (tertiary/aromatic N) is 1. The Bertz CT molecular complexity index is 887. The van der Waals surface area contributed by atoms with Crippen LogP contribution in [-0.2, 0) is 4.79 Å². The first-order valence-electron chi connectivity index (χ1n) is 10.0. The lowest BCUT2D eigenvalue weighted by molar-refractivity contribution is -0.122. The maximum atomic E-state index is 12.5. The van der Waals surface area contributed by atoms with Gasteiger partial charge in [0.1, 0.15) is 12.4 Å². The van der Waals surface area contributed by atoms with Crippen molar-refractivity contribution in [3.63, 3.8) is 0 Å². The second-order valence-corrected chi connectivity index (χ2v) is 7.43. The molecule has 0 bridgehead atoms. The third kappa shape index (κ3) is 6.90. The third-order valence-corrected chi connectivity index (χ3v) is 4.88. The lowest BCUT2D eigenvalue weighted by Crippen LogP contribution is -2.40. The second-order valence-electron chi connectivity index (χ2n) is 7.00. The van der Waals surface area contributed by atoms with Gasteiger partial charge in [-0.25, -0.2) is 0 Å². The molecule has 0 spiro atoms. The van der Waals surface area contributed by atoms with Gasteiger partial charge < -0.3 is 15.4 Å². The van der Waals surface area contributed by atoms with Crippen molar-refractivity contribution in [2.24, 2.45) is 0 Å². The van der Waals surface area contributed by atoms with Crippen molar-refractivity contribution in [3.8, 4) is 5.75 Å². The minimum absolute atomic E-state index is 0.0517. The van der Waals surface area contributed by atoms with E-state index in [2.05, 4.69) is 15.5 Å². The monoisotopic (exact) mass is 427 g/mol. The molecule has 3 rings (SSSR count). The fraction of sp³-hybridized carbons (Fsp3) is 0.304. The van der Waals surface area contributed by atoms with Crippen molar-refractivity contribution in [1.29, 1.82) is 0 Å². The van der Waals surface area contributed by atoms with Gasteiger partial charge in [0.05, 0.1) is 18.7 Å². The highest BCUT2D eigenvalue weighted by Crippen LogP contribution is 2.23. The summed E-state index contributed by atoms with van der Waals surface area (Å²) in [5, 5.41) is 6.25. The Kier molecular flexibility index (Phi) is 8.30. The average Bonchev–Trinajstić information content (AvgIpc) is 2.75. The molecule has 0 unspecified atom stereocenters. The first kappa shape index (κ1) is 21.9. The van der Waals surface area contributed by atoms with Gasteiger partial charge in [-0.2, -0.15) is 0 Å². The number of hydrogen-bond donors (Lipinski definition) is 2. The Morgan fingerprint density at radius 2 is 1.90 bits per heavy atom. The van der Waals surface area contributed by atoms with Crippen LogP contribution in [0.4, 0.5) is 0 Å². The van der Waals surface area contributed by atoms with Gasteiger partial charge in [0.25, 0.3) is 5.91 Å². The van der Waals surface area contributed by atoms with E-state index in [1.54, 1.807) is 18.2 Å². The van der Waals surface area contributed by atoms with Crippen LogP contribution in [-0.4, -0.2) is 56.0 Å². The van der Waals surface area contributed by atoms with Crippen LogP contribution < -0.4 is 15.4 Å². The molecule has 0 aromatic heterocycles. The molecular formula is C23H26ClN3O3. The third-order valence-electron chi connectivity index (χ3n) is 4.65. The lowest BCUT2D eigenvalue weighted by Gasteiger charge is -2.21. The number of carbonyl (C=O) groups is 2. The SMILES string of the molecule is O=C1CN(CC=Cc2ccccc2)CCCNC(=O)c2cc(Cl)ccc2OCCN1. The molecular weight excluding hydrogens is 402 g/mol. The molecule has 1 heterocycles. The van der Waals surface area contributed by atoms with E-state index in [0.29, 0.717) is 49.1 Å². The van der Waals surface area contributed by atoms with Crippen molar-refractivity contribution in [2.75, 3.05) is 39.3 Å². The summed E-state index contributed by atoms with van der Waals surface area (Å²) in [5.41, 5.74) is 1.51. The molecule has 0 radical (unpaired) electrons. The standard InChI is InChI=1S/C23H26ClN3O3/c24-19-9-10-21-20(16-19)23(29)26-11-5-14-27(17-22(28)25-12-15-30-21)13-4-8-18-6-2-1-3-7-18/h1-4,6-10,16H,5,11-15,17H2,(H,25,28)(H,26,29). The number of nitrogens with one attached hydrogen (secondary N) is 2. The van der Waals surface area contributed by atoms with E-state index in [4.69, 9.17) is 16.3 Å². The summed E-state index contributed by atoms with van der Waals surface area (Å²) in [4.78, 5) is 26.9. The highest BCUT2D eigenvalue weighted by atomic mass is 35.5. The number of benzene rings is 2. The first-order valence-corrected chi connectivity index (χ1v) is 10.4. The molecule has 1 aliphatic rings. The molecule has 6 nitrogen and oxygen atoms in total.